The number of nitrogens with zero attached hydrogens (tertiary/aromatic N) is 2. The SMILES string of the molecule is COc1cccc(CC(=O)N2CCCC(N(C)CC(=O)O)CC2)c1. The summed E-state index contributed by atoms with van der Waals surface area (Å²) in [6.07, 6.45) is 3.01. The summed E-state index contributed by atoms with van der Waals surface area (Å²) in [6.45, 7) is 1.46. The van der Waals surface area contributed by atoms with Gasteiger partial charge in [0.2, 0.25) is 5.91 Å². The fourth-order valence-corrected chi connectivity index (χ4v) is 3.18. The fourth-order valence-electron chi connectivity index (χ4n) is 3.18. The summed E-state index contributed by atoms with van der Waals surface area (Å²) in [5, 5.41) is 8.92. The van der Waals surface area contributed by atoms with Crippen molar-refractivity contribution in [1.29, 1.82) is 0 Å². The van der Waals surface area contributed by atoms with Crippen molar-refractivity contribution >= 4 is 11.9 Å². The number of ether oxygens (including phenoxy) is 1. The van der Waals surface area contributed by atoms with Crippen LogP contribution < -0.4 is 4.74 Å². The number of benzene rings is 1. The van der Waals surface area contributed by atoms with E-state index in [4.69, 9.17) is 9.84 Å². The molecule has 2 rings (SSSR count). The van der Waals surface area contributed by atoms with Gasteiger partial charge in [-0.05, 0) is 44.0 Å². The summed E-state index contributed by atoms with van der Waals surface area (Å²) in [6, 6.07) is 7.79. The number of carbonyl (C=O) groups is 2. The molecule has 1 saturated heterocycles. The number of methoxy groups -OCH3 is 1. The lowest BCUT2D eigenvalue weighted by molar-refractivity contribution is -0.138. The zero-order valence-electron chi connectivity index (χ0n) is 14.4. The maximum atomic E-state index is 12.6. The van der Waals surface area contributed by atoms with Crippen LogP contribution in [-0.4, -0.2) is 66.6 Å². The Morgan fingerprint density at radius 2 is 2.12 bits per heavy atom. The highest BCUT2D eigenvalue weighted by Gasteiger charge is 2.24. The van der Waals surface area contributed by atoms with Crippen LogP contribution in [0.2, 0.25) is 0 Å². The lowest BCUT2D eigenvalue weighted by Gasteiger charge is -2.25. The predicted molar refractivity (Wildman–Crippen MR) is 91.2 cm³/mol. The molecule has 0 aromatic heterocycles. The summed E-state index contributed by atoms with van der Waals surface area (Å²) < 4.78 is 5.20. The number of likely N-dealkylation sites (N-methyl/N-ethyl adjacent to an activating group) is 1. The number of carboxylic acid groups (broad SMARTS) is 1. The highest BCUT2D eigenvalue weighted by Crippen LogP contribution is 2.18. The highest BCUT2D eigenvalue weighted by atomic mass is 16.5. The van der Waals surface area contributed by atoms with Crippen LogP contribution in [0.1, 0.15) is 24.8 Å². The Bertz CT molecular complexity index is 576. The molecule has 6 heteroatoms. The number of likely N-dealkylation sites (tertiary alicyclic amines) is 1. The summed E-state index contributed by atoms with van der Waals surface area (Å²) in [5.41, 5.74) is 0.947. The molecule has 1 atom stereocenters. The maximum absolute atomic E-state index is 12.6. The van der Waals surface area contributed by atoms with Gasteiger partial charge in [-0.25, -0.2) is 0 Å². The van der Waals surface area contributed by atoms with E-state index < -0.39 is 5.97 Å². The lowest BCUT2D eigenvalue weighted by atomic mass is 10.1. The monoisotopic (exact) mass is 334 g/mol. The standard InChI is InChI=1S/C18H26N2O4/c1-19(13-18(22)23)15-6-4-9-20(10-8-15)17(21)12-14-5-3-7-16(11-14)24-2/h3,5,7,11,15H,4,6,8-10,12-13H2,1-2H3,(H,22,23). The van der Waals surface area contributed by atoms with Crippen molar-refractivity contribution in [2.24, 2.45) is 0 Å². The van der Waals surface area contributed by atoms with Crippen molar-refractivity contribution in [1.82, 2.24) is 9.80 Å². The highest BCUT2D eigenvalue weighted by molar-refractivity contribution is 5.79. The summed E-state index contributed by atoms with van der Waals surface area (Å²) in [4.78, 5) is 27.2. The molecule has 0 bridgehead atoms. The zero-order chi connectivity index (χ0) is 17.5. The van der Waals surface area contributed by atoms with Gasteiger partial charge in [0.25, 0.3) is 0 Å². The van der Waals surface area contributed by atoms with E-state index in [1.165, 1.54) is 0 Å². The smallest absolute Gasteiger partial charge is 0.317 e. The van der Waals surface area contributed by atoms with Gasteiger partial charge in [0.15, 0.2) is 0 Å². The summed E-state index contributed by atoms with van der Waals surface area (Å²) in [7, 11) is 3.45. The molecular formula is C18H26N2O4. The molecule has 24 heavy (non-hydrogen) atoms. The summed E-state index contributed by atoms with van der Waals surface area (Å²) >= 11 is 0. The molecule has 1 amide bonds. The summed E-state index contributed by atoms with van der Waals surface area (Å²) in [5.74, 6) is 0.0593. The number of carboxylic acids is 1. The van der Waals surface area contributed by atoms with Crippen molar-refractivity contribution in [3.8, 4) is 5.75 Å². The van der Waals surface area contributed by atoms with Gasteiger partial charge in [-0.15, -0.1) is 0 Å². The van der Waals surface area contributed by atoms with E-state index in [1.807, 2.05) is 41.1 Å². The van der Waals surface area contributed by atoms with Crippen molar-refractivity contribution in [2.45, 2.75) is 31.7 Å². The minimum atomic E-state index is -0.812. The third-order valence-electron chi connectivity index (χ3n) is 4.55. The molecular weight excluding hydrogens is 308 g/mol. The molecule has 1 fully saturated rings. The third kappa shape index (κ3) is 5.23. The molecule has 0 aliphatic carbocycles. The second kappa shape index (κ2) is 8.68. The molecule has 132 valence electrons. The maximum Gasteiger partial charge on any atom is 0.317 e. The minimum absolute atomic E-state index is 0.0441. The van der Waals surface area contributed by atoms with Crippen molar-refractivity contribution in [2.75, 3.05) is 33.8 Å². The number of rotatable bonds is 6. The molecule has 0 radical (unpaired) electrons. The molecule has 0 spiro atoms. The van der Waals surface area contributed by atoms with E-state index in [0.29, 0.717) is 13.0 Å². The van der Waals surface area contributed by atoms with E-state index in [9.17, 15) is 9.59 Å². The number of aliphatic carboxylic acids is 1. The van der Waals surface area contributed by atoms with Gasteiger partial charge in [-0.2, -0.15) is 0 Å². The first-order valence-corrected chi connectivity index (χ1v) is 8.32. The Morgan fingerprint density at radius 3 is 2.83 bits per heavy atom. The van der Waals surface area contributed by atoms with Gasteiger partial charge >= 0.3 is 5.97 Å². The van der Waals surface area contributed by atoms with E-state index >= 15 is 0 Å². The van der Waals surface area contributed by atoms with E-state index in [1.54, 1.807) is 7.11 Å². The number of hydrogen-bond acceptors (Lipinski definition) is 4. The molecule has 1 aromatic rings. The largest absolute Gasteiger partial charge is 0.497 e. The van der Waals surface area contributed by atoms with Gasteiger partial charge in [0, 0.05) is 19.1 Å². The first-order chi connectivity index (χ1) is 11.5. The topological polar surface area (TPSA) is 70.1 Å². The van der Waals surface area contributed by atoms with Crippen LogP contribution in [0.15, 0.2) is 24.3 Å². The van der Waals surface area contributed by atoms with Gasteiger partial charge in [0.1, 0.15) is 5.75 Å². The van der Waals surface area contributed by atoms with Crippen LogP contribution >= 0.6 is 0 Å². The predicted octanol–water partition coefficient (Wildman–Crippen LogP) is 1.64. The lowest BCUT2D eigenvalue weighted by Crippen LogP contribution is -2.37. The van der Waals surface area contributed by atoms with Gasteiger partial charge in [0.05, 0.1) is 20.1 Å². The Kier molecular flexibility index (Phi) is 6.61. The molecule has 1 aromatic carbocycles. The van der Waals surface area contributed by atoms with E-state index in [0.717, 1.165) is 37.1 Å². The molecule has 1 N–H and O–H groups in total. The molecule has 1 heterocycles. The van der Waals surface area contributed by atoms with Crippen molar-refractivity contribution in [3.63, 3.8) is 0 Å². The van der Waals surface area contributed by atoms with Crippen LogP contribution in [0.25, 0.3) is 0 Å². The van der Waals surface area contributed by atoms with Crippen LogP contribution in [0, 0.1) is 0 Å². The average Bonchev–Trinajstić information content (AvgIpc) is 2.80. The molecule has 0 saturated carbocycles. The first-order valence-electron chi connectivity index (χ1n) is 8.32. The molecule has 1 aliphatic rings. The molecule has 1 aliphatic heterocycles. The van der Waals surface area contributed by atoms with Crippen LogP contribution in [0.4, 0.5) is 0 Å². The zero-order valence-corrected chi connectivity index (χ0v) is 14.4. The number of carbonyl (C=O) groups excluding carboxylic acids is 1. The van der Waals surface area contributed by atoms with E-state index in [2.05, 4.69) is 0 Å². The Labute approximate surface area is 143 Å². The van der Waals surface area contributed by atoms with Gasteiger partial charge in [-0.1, -0.05) is 12.1 Å². The van der Waals surface area contributed by atoms with Crippen molar-refractivity contribution < 1.29 is 19.4 Å². The Balaban J connectivity index is 1.90. The van der Waals surface area contributed by atoms with E-state index in [-0.39, 0.29) is 18.5 Å². The van der Waals surface area contributed by atoms with Crippen LogP contribution in [0.3, 0.4) is 0 Å². The Morgan fingerprint density at radius 1 is 1.33 bits per heavy atom. The van der Waals surface area contributed by atoms with Crippen LogP contribution in [-0.2, 0) is 16.0 Å². The second-order valence-corrected chi connectivity index (χ2v) is 6.30. The minimum Gasteiger partial charge on any atom is -0.497 e. The third-order valence-corrected chi connectivity index (χ3v) is 4.55. The van der Waals surface area contributed by atoms with Crippen molar-refractivity contribution in [3.05, 3.63) is 29.8 Å². The fraction of sp³-hybridized carbons (Fsp3) is 0.556. The molecule has 1 unspecified atom stereocenters. The molecule has 6 nitrogen and oxygen atoms in total. The quantitative estimate of drug-likeness (QED) is 0.856. The number of amides is 1. The van der Waals surface area contributed by atoms with Crippen LogP contribution in [0.5, 0.6) is 5.75 Å². The first kappa shape index (κ1) is 18.3. The normalized spacial score (nSPS) is 18.3. The second-order valence-electron chi connectivity index (χ2n) is 6.30. The van der Waals surface area contributed by atoms with Gasteiger partial charge < -0.3 is 14.7 Å². The van der Waals surface area contributed by atoms with Gasteiger partial charge in [-0.3, -0.25) is 14.5 Å². The average molecular weight is 334 g/mol. The Hall–Kier alpha value is -2.08. The number of hydrogen-bond donors (Lipinski definition) is 1.